The number of benzene rings is 1. The van der Waals surface area contributed by atoms with E-state index in [2.05, 4.69) is 43.9 Å². The standard InChI is InChI=1S/C18H24N2OS/c1-13-10-16-11-15(3)18(19-17(16)12-14(13)2)22-9-6-20-4-7-21-8-5-20/h10-12H,4-9H2,1-3H3. The molecule has 22 heavy (non-hydrogen) atoms. The zero-order valence-corrected chi connectivity index (χ0v) is 14.5. The van der Waals surface area contributed by atoms with E-state index in [4.69, 9.17) is 9.72 Å². The van der Waals surface area contributed by atoms with Gasteiger partial charge in [0, 0.05) is 30.8 Å². The first-order valence-electron chi connectivity index (χ1n) is 7.95. The maximum Gasteiger partial charge on any atom is 0.0997 e. The van der Waals surface area contributed by atoms with Gasteiger partial charge >= 0.3 is 0 Å². The zero-order valence-electron chi connectivity index (χ0n) is 13.7. The van der Waals surface area contributed by atoms with Gasteiger partial charge in [-0.05, 0) is 55.7 Å². The van der Waals surface area contributed by atoms with E-state index in [0.29, 0.717) is 0 Å². The Morgan fingerprint density at radius 2 is 1.73 bits per heavy atom. The molecule has 1 aromatic carbocycles. The van der Waals surface area contributed by atoms with Gasteiger partial charge in [0.25, 0.3) is 0 Å². The van der Waals surface area contributed by atoms with Crippen LogP contribution in [0.5, 0.6) is 0 Å². The molecule has 1 fully saturated rings. The number of fused-ring (bicyclic) bond motifs is 1. The number of morpholine rings is 1. The second-order valence-electron chi connectivity index (χ2n) is 6.04. The number of aromatic nitrogens is 1. The Morgan fingerprint density at radius 1 is 1.05 bits per heavy atom. The average Bonchev–Trinajstić information content (AvgIpc) is 2.51. The van der Waals surface area contributed by atoms with E-state index in [0.717, 1.165) is 44.1 Å². The summed E-state index contributed by atoms with van der Waals surface area (Å²) in [6.07, 6.45) is 0. The molecule has 0 amide bonds. The zero-order chi connectivity index (χ0) is 15.5. The maximum atomic E-state index is 5.39. The monoisotopic (exact) mass is 316 g/mol. The molecule has 1 aliphatic heterocycles. The lowest BCUT2D eigenvalue weighted by Crippen LogP contribution is -2.37. The molecule has 0 spiro atoms. The van der Waals surface area contributed by atoms with Crippen molar-refractivity contribution < 1.29 is 4.74 Å². The molecular weight excluding hydrogens is 292 g/mol. The van der Waals surface area contributed by atoms with Gasteiger partial charge in [0.1, 0.15) is 0 Å². The van der Waals surface area contributed by atoms with E-state index >= 15 is 0 Å². The van der Waals surface area contributed by atoms with Crippen LogP contribution in [0.1, 0.15) is 16.7 Å². The number of nitrogens with zero attached hydrogens (tertiary/aromatic N) is 2. The van der Waals surface area contributed by atoms with Crippen LogP contribution >= 0.6 is 11.8 Å². The van der Waals surface area contributed by atoms with Crippen molar-refractivity contribution in [3.63, 3.8) is 0 Å². The summed E-state index contributed by atoms with van der Waals surface area (Å²) in [6.45, 7) is 11.5. The lowest BCUT2D eigenvalue weighted by Gasteiger charge is -2.26. The molecule has 0 atom stereocenters. The molecule has 3 rings (SSSR count). The van der Waals surface area contributed by atoms with Crippen LogP contribution in [0.3, 0.4) is 0 Å². The van der Waals surface area contributed by atoms with Crippen LogP contribution < -0.4 is 0 Å². The minimum Gasteiger partial charge on any atom is -0.379 e. The normalized spacial score (nSPS) is 16.3. The van der Waals surface area contributed by atoms with Crippen molar-refractivity contribution in [2.45, 2.75) is 25.8 Å². The summed E-state index contributed by atoms with van der Waals surface area (Å²) in [7, 11) is 0. The van der Waals surface area contributed by atoms with E-state index in [1.807, 2.05) is 11.8 Å². The second kappa shape index (κ2) is 6.99. The molecule has 0 unspecified atom stereocenters. The molecule has 0 aliphatic carbocycles. The summed E-state index contributed by atoms with van der Waals surface area (Å²) >= 11 is 1.87. The van der Waals surface area contributed by atoms with Crippen LogP contribution in [-0.4, -0.2) is 48.5 Å². The lowest BCUT2D eigenvalue weighted by atomic mass is 10.1. The number of hydrogen-bond acceptors (Lipinski definition) is 4. The number of rotatable bonds is 4. The fourth-order valence-corrected chi connectivity index (χ4v) is 3.76. The van der Waals surface area contributed by atoms with Crippen LogP contribution in [0.2, 0.25) is 0 Å². The fourth-order valence-electron chi connectivity index (χ4n) is 2.77. The maximum absolute atomic E-state index is 5.39. The minimum absolute atomic E-state index is 0.872. The molecule has 1 aliphatic rings. The number of pyridine rings is 1. The van der Waals surface area contributed by atoms with Gasteiger partial charge in [-0.2, -0.15) is 0 Å². The summed E-state index contributed by atoms with van der Waals surface area (Å²) in [4.78, 5) is 7.35. The third-order valence-electron chi connectivity index (χ3n) is 4.32. The molecule has 4 heteroatoms. The molecule has 1 saturated heterocycles. The van der Waals surface area contributed by atoms with Crippen molar-refractivity contribution in [1.82, 2.24) is 9.88 Å². The van der Waals surface area contributed by atoms with Gasteiger partial charge < -0.3 is 4.74 Å². The molecule has 2 aromatic rings. The molecular formula is C18H24N2OS. The molecule has 3 nitrogen and oxygen atoms in total. The first-order chi connectivity index (χ1) is 10.6. The molecule has 1 aromatic heterocycles. The second-order valence-corrected chi connectivity index (χ2v) is 7.13. The number of ether oxygens (including phenoxy) is 1. The predicted molar refractivity (Wildman–Crippen MR) is 93.9 cm³/mol. The van der Waals surface area contributed by atoms with Crippen molar-refractivity contribution in [3.05, 3.63) is 34.9 Å². The number of thioether (sulfide) groups is 1. The van der Waals surface area contributed by atoms with Crippen LogP contribution in [0.4, 0.5) is 0 Å². The quantitative estimate of drug-likeness (QED) is 0.805. The third-order valence-corrected chi connectivity index (χ3v) is 5.40. The van der Waals surface area contributed by atoms with Crippen LogP contribution in [0.15, 0.2) is 23.2 Å². The van der Waals surface area contributed by atoms with Crippen molar-refractivity contribution in [1.29, 1.82) is 0 Å². The highest BCUT2D eigenvalue weighted by molar-refractivity contribution is 7.99. The summed E-state index contributed by atoms with van der Waals surface area (Å²) < 4.78 is 5.39. The van der Waals surface area contributed by atoms with E-state index in [-0.39, 0.29) is 0 Å². The van der Waals surface area contributed by atoms with Crippen LogP contribution in [0, 0.1) is 20.8 Å². The average molecular weight is 316 g/mol. The Bertz CT molecular complexity index is 666. The Labute approximate surface area is 137 Å². The largest absolute Gasteiger partial charge is 0.379 e. The van der Waals surface area contributed by atoms with Crippen molar-refractivity contribution in [3.8, 4) is 0 Å². The van der Waals surface area contributed by atoms with E-state index in [9.17, 15) is 0 Å². The predicted octanol–water partition coefficient (Wildman–Crippen LogP) is 3.58. The van der Waals surface area contributed by atoms with Gasteiger partial charge in [0.05, 0.1) is 23.8 Å². The van der Waals surface area contributed by atoms with E-state index in [1.54, 1.807) is 0 Å². The topological polar surface area (TPSA) is 25.4 Å². The lowest BCUT2D eigenvalue weighted by molar-refractivity contribution is 0.0410. The number of hydrogen-bond donors (Lipinski definition) is 0. The van der Waals surface area contributed by atoms with Gasteiger partial charge in [-0.3, -0.25) is 4.90 Å². The summed E-state index contributed by atoms with van der Waals surface area (Å²) in [5.41, 5.74) is 5.04. The van der Waals surface area contributed by atoms with Crippen LogP contribution in [0.25, 0.3) is 10.9 Å². The van der Waals surface area contributed by atoms with Gasteiger partial charge in [0.15, 0.2) is 0 Å². The van der Waals surface area contributed by atoms with E-state index in [1.165, 1.54) is 27.1 Å². The highest BCUT2D eigenvalue weighted by atomic mass is 32.2. The summed E-state index contributed by atoms with van der Waals surface area (Å²) in [5.74, 6) is 1.09. The smallest absolute Gasteiger partial charge is 0.0997 e. The Hall–Kier alpha value is -1.10. The van der Waals surface area contributed by atoms with Gasteiger partial charge in [-0.15, -0.1) is 11.8 Å². The Balaban J connectivity index is 1.70. The first-order valence-corrected chi connectivity index (χ1v) is 8.93. The highest BCUT2D eigenvalue weighted by Gasteiger charge is 2.11. The van der Waals surface area contributed by atoms with Gasteiger partial charge in [0.2, 0.25) is 0 Å². The van der Waals surface area contributed by atoms with E-state index < -0.39 is 0 Å². The van der Waals surface area contributed by atoms with Crippen molar-refractivity contribution in [2.24, 2.45) is 0 Å². The Kier molecular flexibility index (Phi) is 5.01. The van der Waals surface area contributed by atoms with Crippen LogP contribution in [-0.2, 0) is 4.74 Å². The molecule has 0 N–H and O–H groups in total. The van der Waals surface area contributed by atoms with Gasteiger partial charge in [-0.1, -0.05) is 0 Å². The van der Waals surface area contributed by atoms with Crippen molar-refractivity contribution >= 4 is 22.7 Å². The minimum atomic E-state index is 0.872. The van der Waals surface area contributed by atoms with Gasteiger partial charge in [-0.25, -0.2) is 4.98 Å². The number of aryl methyl sites for hydroxylation is 3. The molecule has 0 saturated carbocycles. The SMILES string of the molecule is Cc1cc2cc(C)c(SCCN3CCOCC3)nc2cc1C. The summed E-state index contributed by atoms with van der Waals surface area (Å²) in [5, 5.41) is 2.42. The highest BCUT2D eigenvalue weighted by Crippen LogP contribution is 2.26. The fraction of sp³-hybridized carbons (Fsp3) is 0.500. The Morgan fingerprint density at radius 3 is 2.50 bits per heavy atom. The molecule has 0 radical (unpaired) electrons. The molecule has 0 bridgehead atoms. The summed E-state index contributed by atoms with van der Waals surface area (Å²) in [6, 6.07) is 6.72. The molecule has 118 valence electrons. The van der Waals surface area contributed by atoms with Crippen molar-refractivity contribution in [2.75, 3.05) is 38.6 Å². The first kappa shape index (κ1) is 15.8. The third kappa shape index (κ3) is 3.62. The molecule has 2 heterocycles.